The van der Waals surface area contributed by atoms with E-state index in [-0.39, 0.29) is 5.56 Å². The molecule has 0 bridgehead atoms. The largest absolute Gasteiger partial charge is 0.311 e. The number of aryl methyl sites for hydroxylation is 1. The number of nitrogens with zero attached hydrogens (tertiary/aromatic N) is 1. The number of hydrogen-bond donors (Lipinski definition) is 3. The third kappa shape index (κ3) is 2.08. The van der Waals surface area contributed by atoms with E-state index in [1.54, 1.807) is 6.92 Å². The van der Waals surface area contributed by atoms with Crippen molar-refractivity contribution in [2.24, 2.45) is 0 Å². The molecule has 0 fully saturated rings. The van der Waals surface area contributed by atoms with Crippen molar-refractivity contribution in [1.82, 2.24) is 15.4 Å². The van der Waals surface area contributed by atoms with Gasteiger partial charge in [-0.2, -0.15) is 0 Å². The molecule has 1 rings (SSSR count). The maximum atomic E-state index is 10.8. The second-order valence-corrected chi connectivity index (χ2v) is 2.10. The van der Waals surface area contributed by atoms with Gasteiger partial charge in [0.1, 0.15) is 5.82 Å². The summed E-state index contributed by atoms with van der Waals surface area (Å²) in [5, 5.41) is 0. The highest BCUT2D eigenvalue weighted by Crippen LogP contribution is 1.93. The number of carbonyl (C=O) groups is 1. The van der Waals surface area contributed by atoms with Crippen molar-refractivity contribution in [3.05, 3.63) is 22.2 Å². The molecule has 0 aliphatic carbocycles. The average molecular weight is 168 g/mol. The normalized spacial score (nSPS) is 9.08. The minimum atomic E-state index is -0.266. The van der Waals surface area contributed by atoms with E-state index < -0.39 is 0 Å². The van der Waals surface area contributed by atoms with Gasteiger partial charge in [-0.15, -0.1) is 0 Å². The van der Waals surface area contributed by atoms with E-state index in [0.717, 1.165) is 0 Å². The van der Waals surface area contributed by atoms with Crippen LogP contribution in [-0.4, -0.2) is 16.4 Å². The Morgan fingerprint density at radius 2 is 2.42 bits per heavy atom. The predicted octanol–water partition coefficient (Wildman–Crippen LogP) is -0.849. The molecule has 0 atom stereocenters. The molecule has 0 aromatic carbocycles. The van der Waals surface area contributed by atoms with Gasteiger partial charge in [-0.25, -0.2) is 4.98 Å². The first-order valence-electron chi connectivity index (χ1n) is 3.25. The Hall–Kier alpha value is -1.85. The fraction of sp³-hybridized carbons (Fsp3) is 0.167. The number of amides is 1. The predicted molar refractivity (Wildman–Crippen MR) is 42.4 cm³/mol. The summed E-state index contributed by atoms with van der Waals surface area (Å²) in [7, 11) is 0. The number of hydrazine groups is 1. The fourth-order valence-corrected chi connectivity index (χ4v) is 0.747. The lowest BCUT2D eigenvalue weighted by Crippen LogP contribution is -2.22. The van der Waals surface area contributed by atoms with Gasteiger partial charge in [0.05, 0.1) is 0 Å². The Labute approximate surface area is 68.0 Å². The van der Waals surface area contributed by atoms with Crippen LogP contribution in [0.4, 0.5) is 5.82 Å². The Morgan fingerprint density at radius 1 is 1.67 bits per heavy atom. The van der Waals surface area contributed by atoms with Crippen molar-refractivity contribution in [2.75, 3.05) is 5.43 Å². The minimum absolute atomic E-state index is 0.266. The Kier molecular flexibility index (Phi) is 2.42. The molecule has 64 valence electrons. The zero-order valence-corrected chi connectivity index (χ0v) is 6.42. The highest BCUT2D eigenvalue weighted by atomic mass is 16.1. The third-order valence-corrected chi connectivity index (χ3v) is 1.12. The number of carbonyl (C=O) groups excluding carboxylic acids is 1. The number of anilines is 1. The minimum Gasteiger partial charge on any atom is -0.311 e. The highest BCUT2D eigenvalue weighted by molar-refractivity contribution is 5.50. The quantitative estimate of drug-likeness (QED) is 0.405. The molecule has 12 heavy (non-hydrogen) atoms. The zero-order chi connectivity index (χ0) is 8.97. The smallest absolute Gasteiger partial charge is 0.253 e. The van der Waals surface area contributed by atoms with Gasteiger partial charge in [-0.1, -0.05) is 0 Å². The first-order chi connectivity index (χ1) is 5.72. The molecule has 3 N–H and O–H groups in total. The van der Waals surface area contributed by atoms with Crippen LogP contribution < -0.4 is 16.4 Å². The summed E-state index contributed by atoms with van der Waals surface area (Å²) in [4.78, 5) is 27.0. The second-order valence-electron chi connectivity index (χ2n) is 2.10. The molecule has 0 radical (unpaired) electrons. The number of aromatic amines is 1. The lowest BCUT2D eigenvalue weighted by molar-refractivity contribution is -0.109. The van der Waals surface area contributed by atoms with Crippen LogP contribution in [0.3, 0.4) is 0 Å². The van der Waals surface area contributed by atoms with Gasteiger partial charge < -0.3 is 4.98 Å². The van der Waals surface area contributed by atoms with Gasteiger partial charge in [0, 0.05) is 6.07 Å². The van der Waals surface area contributed by atoms with E-state index in [9.17, 15) is 9.59 Å². The van der Waals surface area contributed by atoms with Gasteiger partial charge in [0.25, 0.3) is 5.56 Å². The molecule has 0 aliphatic heterocycles. The first-order valence-corrected chi connectivity index (χ1v) is 3.25. The summed E-state index contributed by atoms with van der Waals surface area (Å²) in [5.74, 6) is 0.793. The Bertz CT molecular complexity index is 333. The number of H-pyrrole nitrogens is 1. The molecule has 0 spiro atoms. The first kappa shape index (κ1) is 8.25. The van der Waals surface area contributed by atoms with E-state index in [1.165, 1.54) is 6.07 Å². The number of rotatable bonds is 3. The highest BCUT2D eigenvalue weighted by Gasteiger charge is 1.94. The van der Waals surface area contributed by atoms with Crippen molar-refractivity contribution < 1.29 is 4.79 Å². The fourth-order valence-electron chi connectivity index (χ4n) is 0.747. The molecular weight excluding hydrogens is 160 g/mol. The Morgan fingerprint density at radius 3 is 3.00 bits per heavy atom. The van der Waals surface area contributed by atoms with Crippen molar-refractivity contribution >= 4 is 12.2 Å². The molecule has 6 nitrogen and oxygen atoms in total. The van der Waals surface area contributed by atoms with Crippen LogP contribution in [0.1, 0.15) is 5.82 Å². The number of aromatic nitrogens is 2. The van der Waals surface area contributed by atoms with Crippen LogP contribution in [0.5, 0.6) is 0 Å². The number of nitrogens with one attached hydrogen (secondary N) is 3. The van der Waals surface area contributed by atoms with Gasteiger partial charge in [-0.05, 0) is 6.92 Å². The summed E-state index contributed by atoms with van der Waals surface area (Å²) in [6.45, 7) is 1.65. The van der Waals surface area contributed by atoms with Crippen LogP contribution in [0, 0.1) is 6.92 Å². The van der Waals surface area contributed by atoms with Crippen molar-refractivity contribution in [3.63, 3.8) is 0 Å². The van der Waals surface area contributed by atoms with Gasteiger partial charge in [0.15, 0.2) is 5.82 Å². The molecule has 1 heterocycles. The monoisotopic (exact) mass is 168 g/mol. The molecule has 6 heteroatoms. The van der Waals surface area contributed by atoms with E-state index in [0.29, 0.717) is 18.1 Å². The average Bonchev–Trinajstić information content (AvgIpc) is 1.99. The SMILES string of the molecule is Cc1nc(NNC=O)cc(=O)[nH]1. The summed E-state index contributed by atoms with van der Waals surface area (Å²) >= 11 is 0. The van der Waals surface area contributed by atoms with Gasteiger partial charge >= 0.3 is 0 Å². The van der Waals surface area contributed by atoms with Crippen LogP contribution >= 0.6 is 0 Å². The summed E-state index contributed by atoms with van der Waals surface area (Å²) in [6.07, 6.45) is 0.457. The lowest BCUT2D eigenvalue weighted by Gasteiger charge is -2.01. The molecule has 1 aromatic heterocycles. The van der Waals surface area contributed by atoms with Gasteiger partial charge in [0.2, 0.25) is 6.41 Å². The maximum absolute atomic E-state index is 10.8. The van der Waals surface area contributed by atoms with Crippen molar-refractivity contribution in [2.45, 2.75) is 6.92 Å². The lowest BCUT2D eigenvalue weighted by atomic mass is 10.5. The molecule has 0 unspecified atom stereocenters. The molecule has 0 saturated heterocycles. The van der Waals surface area contributed by atoms with Crippen LogP contribution in [0.15, 0.2) is 10.9 Å². The topological polar surface area (TPSA) is 86.9 Å². The van der Waals surface area contributed by atoms with Crippen molar-refractivity contribution in [1.29, 1.82) is 0 Å². The molecular formula is C6H8N4O2. The van der Waals surface area contributed by atoms with E-state index in [1.807, 2.05) is 0 Å². The molecule has 0 aliphatic rings. The van der Waals surface area contributed by atoms with Crippen LogP contribution in [-0.2, 0) is 4.79 Å². The van der Waals surface area contributed by atoms with Crippen molar-refractivity contribution in [3.8, 4) is 0 Å². The maximum Gasteiger partial charge on any atom is 0.253 e. The Balaban J connectivity index is 2.85. The molecule has 1 aromatic rings. The van der Waals surface area contributed by atoms with Crippen LogP contribution in [0.2, 0.25) is 0 Å². The summed E-state index contributed by atoms with van der Waals surface area (Å²) in [5.41, 5.74) is 4.33. The number of hydrogen-bond acceptors (Lipinski definition) is 4. The van der Waals surface area contributed by atoms with Crippen LogP contribution in [0.25, 0.3) is 0 Å². The summed E-state index contributed by atoms with van der Waals surface area (Å²) in [6, 6.07) is 1.24. The molecule has 0 saturated carbocycles. The van der Waals surface area contributed by atoms with E-state index in [4.69, 9.17) is 0 Å². The third-order valence-electron chi connectivity index (χ3n) is 1.12. The van der Waals surface area contributed by atoms with Gasteiger partial charge in [-0.3, -0.25) is 20.4 Å². The summed E-state index contributed by atoms with van der Waals surface area (Å²) < 4.78 is 0. The molecule has 1 amide bonds. The zero-order valence-electron chi connectivity index (χ0n) is 6.42. The second kappa shape index (κ2) is 3.51. The standard InChI is InChI=1S/C6H8N4O2/c1-4-8-5(10-7-3-11)2-6(12)9-4/h2-3H,1H3,(H,7,11)(H2,8,9,10,12). The van der Waals surface area contributed by atoms with E-state index >= 15 is 0 Å². The van der Waals surface area contributed by atoms with E-state index in [2.05, 4.69) is 20.8 Å².